The fourth-order valence-corrected chi connectivity index (χ4v) is 1.81. The van der Waals surface area contributed by atoms with Gasteiger partial charge in [-0.2, -0.15) is 0 Å². The molecule has 0 saturated heterocycles. The summed E-state index contributed by atoms with van der Waals surface area (Å²) in [4.78, 5) is 0. The molecular formula is C12H14ClN. The largest absolute Gasteiger partial charge is 0.327 e. The number of nitrogens with two attached hydrogens (primary N) is 1. The number of hydrogen-bond acceptors (Lipinski definition) is 1. The molecule has 0 radical (unpaired) electrons. The molecule has 0 atom stereocenters. The van der Waals surface area contributed by atoms with Crippen LogP contribution in [0.3, 0.4) is 0 Å². The second kappa shape index (κ2) is 4.16. The zero-order chi connectivity index (χ0) is 9.97. The lowest BCUT2D eigenvalue weighted by Crippen LogP contribution is -1.97. The SMILES string of the molecule is NC/C=C(\c1ccc(Cl)cc1)C1CC1. The first-order valence-electron chi connectivity index (χ1n) is 4.97. The summed E-state index contributed by atoms with van der Waals surface area (Å²) in [6.07, 6.45) is 4.73. The van der Waals surface area contributed by atoms with Crippen molar-refractivity contribution in [2.45, 2.75) is 12.8 Å². The smallest absolute Gasteiger partial charge is 0.0406 e. The predicted molar refractivity (Wildman–Crippen MR) is 61.2 cm³/mol. The molecule has 14 heavy (non-hydrogen) atoms. The third-order valence-corrected chi connectivity index (χ3v) is 2.78. The normalized spacial score (nSPS) is 17.1. The van der Waals surface area contributed by atoms with Gasteiger partial charge in [-0.25, -0.2) is 0 Å². The first kappa shape index (κ1) is 9.75. The third-order valence-electron chi connectivity index (χ3n) is 2.53. The molecule has 0 heterocycles. The lowest BCUT2D eigenvalue weighted by atomic mass is 10.0. The van der Waals surface area contributed by atoms with E-state index >= 15 is 0 Å². The van der Waals surface area contributed by atoms with Crippen LogP contribution < -0.4 is 5.73 Å². The second-order valence-corrected chi connectivity index (χ2v) is 4.11. The van der Waals surface area contributed by atoms with Crippen molar-refractivity contribution in [3.63, 3.8) is 0 Å². The standard InChI is InChI=1S/C12H14ClN/c13-11-5-3-10(4-6-11)12(7-8-14)9-1-2-9/h3-7,9H,1-2,8,14H2/b12-7-. The summed E-state index contributed by atoms with van der Waals surface area (Å²) in [5, 5.41) is 0.789. The minimum Gasteiger partial charge on any atom is -0.327 e. The number of benzene rings is 1. The number of rotatable bonds is 3. The van der Waals surface area contributed by atoms with Gasteiger partial charge in [-0.1, -0.05) is 29.8 Å². The van der Waals surface area contributed by atoms with Gasteiger partial charge in [0.15, 0.2) is 0 Å². The van der Waals surface area contributed by atoms with E-state index in [0.717, 1.165) is 10.9 Å². The molecule has 1 aliphatic rings. The minimum atomic E-state index is 0.620. The third kappa shape index (κ3) is 2.17. The summed E-state index contributed by atoms with van der Waals surface area (Å²) in [5.74, 6) is 0.736. The van der Waals surface area contributed by atoms with E-state index in [1.54, 1.807) is 0 Å². The molecule has 0 aliphatic heterocycles. The van der Waals surface area contributed by atoms with E-state index in [9.17, 15) is 0 Å². The highest BCUT2D eigenvalue weighted by Crippen LogP contribution is 2.41. The molecule has 1 aliphatic carbocycles. The van der Waals surface area contributed by atoms with E-state index in [4.69, 9.17) is 17.3 Å². The highest BCUT2D eigenvalue weighted by molar-refractivity contribution is 6.30. The van der Waals surface area contributed by atoms with E-state index in [1.807, 2.05) is 12.1 Å². The average molecular weight is 208 g/mol. The molecule has 2 rings (SSSR count). The van der Waals surface area contributed by atoms with Crippen LogP contribution in [0.5, 0.6) is 0 Å². The maximum absolute atomic E-state index is 5.84. The van der Waals surface area contributed by atoms with Crippen LogP contribution in [0.25, 0.3) is 5.57 Å². The molecular weight excluding hydrogens is 194 g/mol. The van der Waals surface area contributed by atoms with Gasteiger partial charge in [-0.3, -0.25) is 0 Å². The molecule has 1 aromatic carbocycles. The van der Waals surface area contributed by atoms with Gasteiger partial charge in [0, 0.05) is 11.6 Å². The Kier molecular flexibility index (Phi) is 2.90. The van der Waals surface area contributed by atoms with Crippen LogP contribution in [0.4, 0.5) is 0 Å². The molecule has 0 amide bonds. The molecule has 1 saturated carbocycles. The second-order valence-electron chi connectivity index (χ2n) is 3.68. The van der Waals surface area contributed by atoms with Crippen molar-refractivity contribution in [3.05, 3.63) is 40.9 Å². The van der Waals surface area contributed by atoms with Crippen molar-refractivity contribution in [2.24, 2.45) is 11.7 Å². The minimum absolute atomic E-state index is 0.620. The predicted octanol–water partition coefficient (Wildman–Crippen LogP) is 3.09. The molecule has 74 valence electrons. The first-order valence-corrected chi connectivity index (χ1v) is 5.35. The summed E-state index contributed by atoms with van der Waals surface area (Å²) < 4.78 is 0. The van der Waals surface area contributed by atoms with Crippen LogP contribution in [0.2, 0.25) is 5.02 Å². The Labute approximate surface area is 89.6 Å². The molecule has 0 bridgehead atoms. The zero-order valence-corrected chi connectivity index (χ0v) is 8.80. The fourth-order valence-electron chi connectivity index (χ4n) is 1.68. The van der Waals surface area contributed by atoms with Crippen LogP contribution >= 0.6 is 11.6 Å². The van der Waals surface area contributed by atoms with Crippen molar-refractivity contribution in [1.29, 1.82) is 0 Å². The van der Waals surface area contributed by atoms with Crippen LogP contribution in [-0.2, 0) is 0 Å². The van der Waals surface area contributed by atoms with Gasteiger partial charge < -0.3 is 5.73 Å². The lowest BCUT2D eigenvalue weighted by Gasteiger charge is -2.05. The van der Waals surface area contributed by atoms with Crippen molar-refractivity contribution in [3.8, 4) is 0 Å². The van der Waals surface area contributed by atoms with Gasteiger partial charge in [-0.15, -0.1) is 0 Å². The zero-order valence-electron chi connectivity index (χ0n) is 8.04. The Bertz CT molecular complexity index is 336. The van der Waals surface area contributed by atoms with E-state index in [0.29, 0.717) is 6.54 Å². The van der Waals surface area contributed by atoms with Crippen LogP contribution in [0.1, 0.15) is 18.4 Å². The molecule has 1 nitrogen and oxygen atoms in total. The van der Waals surface area contributed by atoms with Crippen LogP contribution in [-0.4, -0.2) is 6.54 Å². The lowest BCUT2D eigenvalue weighted by molar-refractivity contribution is 1.12. The van der Waals surface area contributed by atoms with E-state index in [-0.39, 0.29) is 0 Å². The fraction of sp³-hybridized carbons (Fsp3) is 0.333. The molecule has 0 aromatic heterocycles. The van der Waals surface area contributed by atoms with Gasteiger partial charge in [0.1, 0.15) is 0 Å². The Balaban J connectivity index is 2.26. The van der Waals surface area contributed by atoms with Gasteiger partial charge in [-0.05, 0) is 42.0 Å². The Morgan fingerprint density at radius 2 is 2.00 bits per heavy atom. The first-order chi connectivity index (χ1) is 6.81. The maximum atomic E-state index is 5.84. The van der Waals surface area contributed by atoms with Gasteiger partial charge in [0.2, 0.25) is 0 Å². The summed E-state index contributed by atoms with van der Waals surface area (Å²) in [6.45, 7) is 0.620. The molecule has 1 aromatic rings. The average Bonchev–Trinajstić information content (AvgIpc) is 2.99. The topological polar surface area (TPSA) is 26.0 Å². The Morgan fingerprint density at radius 1 is 1.36 bits per heavy atom. The van der Waals surface area contributed by atoms with Crippen LogP contribution in [0.15, 0.2) is 30.3 Å². The van der Waals surface area contributed by atoms with Crippen LogP contribution in [0, 0.1) is 5.92 Å². The summed E-state index contributed by atoms with van der Waals surface area (Å²) in [7, 11) is 0. The maximum Gasteiger partial charge on any atom is 0.0406 e. The van der Waals surface area contributed by atoms with Crippen molar-refractivity contribution in [1.82, 2.24) is 0 Å². The van der Waals surface area contributed by atoms with Gasteiger partial charge >= 0.3 is 0 Å². The molecule has 0 spiro atoms. The Morgan fingerprint density at radius 3 is 2.50 bits per heavy atom. The highest BCUT2D eigenvalue weighted by atomic mass is 35.5. The molecule has 1 fully saturated rings. The number of halogens is 1. The van der Waals surface area contributed by atoms with Crippen molar-refractivity contribution < 1.29 is 0 Å². The summed E-state index contributed by atoms with van der Waals surface area (Å²) >= 11 is 5.84. The number of allylic oxidation sites excluding steroid dienone is 1. The molecule has 2 N–H and O–H groups in total. The van der Waals surface area contributed by atoms with Crippen molar-refractivity contribution in [2.75, 3.05) is 6.54 Å². The summed E-state index contributed by atoms with van der Waals surface area (Å²) in [5.41, 5.74) is 8.22. The number of hydrogen-bond donors (Lipinski definition) is 1. The molecule has 2 heteroatoms. The van der Waals surface area contributed by atoms with Gasteiger partial charge in [0.05, 0.1) is 0 Å². The monoisotopic (exact) mass is 207 g/mol. The van der Waals surface area contributed by atoms with Gasteiger partial charge in [0.25, 0.3) is 0 Å². The van der Waals surface area contributed by atoms with Crippen molar-refractivity contribution >= 4 is 17.2 Å². The highest BCUT2D eigenvalue weighted by Gasteiger charge is 2.26. The molecule has 0 unspecified atom stereocenters. The van der Waals surface area contributed by atoms with E-state index in [1.165, 1.54) is 24.0 Å². The van der Waals surface area contributed by atoms with E-state index < -0.39 is 0 Å². The quantitative estimate of drug-likeness (QED) is 0.810. The van der Waals surface area contributed by atoms with E-state index in [2.05, 4.69) is 18.2 Å². The Hall–Kier alpha value is -0.790. The summed E-state index contributed by atoms with van der Waals surface area (Å²) in [6, 6.07) is 8.01.